The Morgan fingerprint density at radius 3 is 2.29 bits per heavy atom. The van der Waals surface area contributed by atoms with E-state index in [0.717, 1.165) is 17.3 Å². The fourth-order valence-corrected chi connectivity index (χ4v) is 1.61. The molecule has 0 saturated heterocycles. The van der Waals surface area contributed by atoms with E-state index < -0.39 is 0 Å². The summed E-state index contributed by atoms with van der Waals surface area (Å²) >= 11 is 0. The first-order valence-electron chi connectivity index (χ1n) is 5.70. The molecule has 0 radical (unpaired) electrons. The van der Waals surface area contributed by atoms with Gasteiger partial charge in [-0.25, -0.2) is 0 Å². The molecule has 1 N–H and O–H groups in total. The van der Waals surface area contributed by atoms with E-state index in [4.69, 9.17) is 0 Å². The number of nitrogens with one attached hydrogen (secondary N) is 1. The van der Waals surface area contributed by atoms with E-state index in [0.29, 0.717) is 0 Å². The molecule has 0 bridgehead atoms. The normalized spacial score (nSPS) is 11.5. The lowest BCUT2D eigenvalue weighted by Crippen LogP contribution is -2.27. The Morgan fingerprint density at radius 1 is 1.06 bits per heavy atom. The Labute approximate surface area is 102 Å². The zero-order valence-corrected chi connectivity index (χ0v) is 10.7. The minimum atomic E-state index is -0.0191. The highest BCUT2D eigenvalue weighted by Gasteiger charge is 2.15. The molecule has 4 nitrogen and oxygen atoms in total. The van der Waals surface area contributed by atoms with Crippen LogP contribution in [0.3, 0.4) is 0 Å². The number of hydrogen-bond donors (Lipinski definition) is 1. The molecule has 1 aromatic carbocycles. The molecule has 2 aromatic rings. The van der Waals surface area contributed by atoms with Gasteiger partial charge in [0, 0.05) is 18.2 Å². The van der Waals surface area contributed by atoms with Crippen LogP contribution < -0.4 is 5.32 Å². The number of benzene rings is 1. The van der Waals surface area contributed by atoms with Crippen LogP contribution in [0.1, 0.15) is 20.8 Å². The molecule has 1 heterocycles. The Hall–Kier alpha value is -1.84. The molecule has 17 heavy (non-hydrogen) atoms. The Bertz CT molecular complexity index is 494. The zero-order chi connectivity index (χ0) is 12.5. The first-order valence-corrected chi connectivity index (χ1v) is 5.70. The Balaban J connectivity index is 2.34. The number of nitrogens with zero attached hydrogens (tertiary/aromatic N) is 3. The fourth-order valence-electron chi connectivity index (χ4n) is 1.61. The minimum absolute atomic E-state index is 0.0191. The molecule has 0 fully saturated rings. The molecule has 0 atom stereocenters. The number of aromatic nitrogens is 3. The van der Waals surface area contributed by atoms with E-state index in [9.17, 15) is 0 Å². The van der Waals surface area contributed by atoms with Crippen molar-refractivity contribution in [3.63, 3.8) is 0 Å². The van der Waals surface area contributed by atoms with Crippen molar-refractivity contribution in [2.75, 3.05) is 5.32 Å². The molecule has 4 heteroatoms. The van der Waals surface area contributed by atoms with Crippen molar-refractivity contribution in [3.8, 4) is 11.4 Å². The van der Waals surface area contributed by atoms with E-state index >= 15 is 0 Å². The summed E-state index contributed by atoms with van der Waals surface area (Å²) in [6.07, 6.45) is 0. The predicted molar refractivity (Wildman–Crippen MR) is 69.8 cm³/mol. The number of anilines is 1. The lowest BCUT2D eigenvalue weighted by Gasteiger charge is -2.20. The van der Waals surface area contributed by atoms with Gasteiger partial charge in [-0.15, -0.1) is 10.2 Å². The van der Waals surface area contributed by atoms with Crippen LogP contribution >= 0.6 is 0 Å². The van der Waals surface area contributed by atoms with E-state index in [-0.39, 0.29) is 5.54 Å². The number of hydrogen-bond acceptors (Lipinski definition) is 3. The largest absolute Gasteiger partial charge is 0.350 e. The van der Waals surface area contributed by atoms with Crippen molar-refractivity contribution in [2.24, 2.45) is 7.05 Å². The second-order valence-corrected chi connectivity index (χ2v) is 5.15. The maximum Gasteiger partial charge on any atom is 0.225 e. The summed E-state index contributed by atoms with van der Waals surface area (Å²) in [5.41, 5.74) is 1.05. The first-order chi connectivity index (χ1) is 7.97. The average molecular weight is 230 g/mol. The highest BCUT2D eigenvalue weighted by molar-refractivity contribution is 5.57. The summed E-state index contributed by atoms with van der Waals surface area (Å²) in [6, 6.07) is 10.1. The van der Waals surface area contributed by atoms with Crippen LogP contribution in [0.25, 0.3) is 11.4 Å². The molecule has 0 amide bonds. The summed E-state index contributed by atoms with van der Waals surface area (Å²) < 4.78 is 1.97. The van der Waals surface area contributed by atoms with E-state index in [1.54, 1.807) is 0 Å². The van der Waals surface area contributed by atoms with E-state index in [2.05, 4.69) is 36.3 Å². The molecule has 0 aliphatic carbocycles. The molecule has 1 aromatic heterocycles. The summed E-state index contributed by atoms with van der Waals surface area (Å²) in [6.45, 7) is 6.30. The maximum atomic E-state index is 4.22. The lowest BCUT2D eigenvalue weighted by atomic mass is 10.1. The van der Waals surface area contributed by atoms with Crippen LogP contribution in [0.15, 0.2) is 30.3 Å². The molecule has 0 spiro atoms. The highest BCUT2D eigenvalue weighted by Crippen LogP contribution is 2.20. The third-order valence-corrected chi connectivity index (χ3v) is 2.39. The van der Waals surface area contributed by atoms with Gasteiger partial charge in [0.25, 0.3) is 0 Å². The van der Waals surface area contributed by atoms with Crippen molar-refractivity contribution in [3.05, 3.63) is 30.3 Å². The lowest BCUT2D eigenvalue weighted by molar-refractivity contribution is 0.620. The average Bonchev–Trinajstić information content (AvgIpc) is 2.60. The molecule has 0 aliphatic heterocycles. The van der Waals surface area contributed by atoms with Gasteiger partial charge in [0.05, 0.1) is 0 Å². The molecule has 2 rings (SSSR count). The molecular weight excluding hydrogens is 212 g/mol. The Morgan fingerprint density at radius 2 is 1.71 bits per heavy atom. The van der Waals surface area contributed by atoms with Gasteiger partial charge in [-0.2, -0.15) is 0 Å². The van der Waals surface area contributed by atoms with Crippen LogP contribution in [0, 0.1) is 0 Å². The van der Waals surface area contributed by atoms with Gasteiger partial charge in [0.1, 0.15) is 0 Å². The van der Waals surface area contributed by atoms with Crippen LogP contribution in [0.4, 0.5) is 5.95 Å². The molecule has 90 valence electrons. The highest BCUT2D eigenvalue weighted by atomic mass is 15.4. The fraction of sp³-hybridized carbons (Fsp3) is 0.385. The van der Waals surface area contributed by atoms with Gasteiger partial charge in [-0.3, -0.25) is 4.57 Å². The zero-order valence-electron chi connectivity index (χ0n) is 10.7. The summed E-state index contributed by atoms with van der Waals surface area (Å²) in [4.78, 5) is 0. The monoisotopic (exact) mass is 230 g/mol. The van der Waals surface area contributed by atoms with Gasteiger partial charge in [-0.05, 0) is 20.8 Å². The van der Waals surface area contributed by atoms with Gasteiger partial charge in [-0.1, -0.05) is 30.3 Å². The summed E-state index contributed by atoms with van der Waals surface area (Å²) in [5, 5.41) is 11.7. The van der Waals surface area contributed by atoms with Crippen molar-refractivity contribution < 1.29 is 0 Å². The van der Waals surface area contributed by atoms with Crippen molar-refractivity contribution in [1.29, 1.82) is 0 Å². The smallest absolute Gasteiger partial charge is 0.225 e. The number of rotatable bonds is 2. The first kappa shape index (κ1) is 11.6. The summed E-state index contributed by atoms with van der Waals surface area (Å²) in [5.74, 6) is 1.66. The van der Waals surface area contributed by atoms with Gasteiger partial charge < -0.3 is 5.32 Å². The third kappa shape index (κ3) is 2.64. The van der Waals surface area contributed by atoms with Crippen LogP contribution in [-0.4, -0.2) is 20.3 Å². The second-order valence-electron chi connectivity index (χ2n) is 5.15. The molecule has 0 unspecified atom stereocenters. The molecular formula is C13H18N4. The van der Waals surface area contributed by atoms with Crippen LogP contribution in [0.2, 0.25) is 0 Å². The molecule has 0 saturated carbocycles. The van der Waals surface area contributed by atoms with Crippen LogP contribution in [-0.2, 0) is 7.05 Å². The maximum absolute atomic E-state index is 4.22. The SMILES string of the molecule is Cn1c(NC(C)(C)C)nnc1-c1ccccc1. The van der Waals surface area contributed by atoms with Crippen molar-refractivity contribution in [2.45, 2.75) is 26.3 Å². The topological polar surface area (TPSA) is 42.7 Å². The predicted octanol–water partition coefficient (Wildman–Crippen LogP) is 2.69. The van der Waals surface area contributed by atoms with Gasteiger partial charge in [0.15, 0.2) is 5.82 Å². The van der Waals surface area contributed by atoms with E-state index in [1.165, 1.54) is 0 Å². The standard InChI is InChI=1S/C13H18N4/c1-13(2,3)14-12-16-15-11(17(12)4)10-8-6-5-7-9-10/h5-9H,1-4H3,(H,14,16). The van der Waals surface area contributed by atoms with Crippen molar-refractivity contribution >= 4 is 5.95 Å². The van der Waals surface area contributed by atoms with Gasteiger partial charge >= 0.3 is 0 Å². The van der Waals surface area contributed by atoms with Gasteiger partial charge in [0.2, 0.25) is 5.95 Å². The van der Waals surface area contributed by atoms with Crippen LogP contribution in [0.5, 0.6) is 0 Å². The minimum Gasteiger partial charge on any atom is -0.350 e. The van der Waals surface area contributed by atoms with Crippen molar-refractivity contribution in [1.82, 2.24) is 14.8 Å². The summed E-state index contributed by atoms with van der Waals surface area (Å²) in [7, 11) is 1.97. The second kappa shape index (κ2) is 4.20. The van der Waals surface area contributed by atoms with E-state index in [1.807, 2.05) is 41.9 Å². The Kier molecular flexibility index (Phi) is 2.88. The third-order valence-electron chi connectivity index (χ3n) is 2.39. The quantitative estimate of drug-likeness (QED) is 0.862. The molecule has 0 aliphatic rings.